The van der Waals surface area contributed by atoms with Crippen molar-refractivity contribution in [3.05, 3.63) is 35.3 Å². The Balaban J connectivity index is 1.84. The van der Waals surface area contributed by atoms with Gasteiger partial charge >= 0.3 is 0 Å². The number of piperazine rings is 1. The molecule has 1 amide bonds. The van der Waals surface area contributed by atoms with Crippen molar-refractivity contribution in [3.63, 3.8) is 0 Å². The Hall–Kier alpha value is -1.92. The molecule has 112 valence electrons. The summed E-state index contributed by atoms with van der Waals surface area (Å²) >= 11 is 0. The minimum atomic E-state index is -0.0878. The van der Waals surface area contributed by atoms with E-state index < -0.39 is 0 Å². The van der Waals surface area contributed by atoms with E-state index >= 15 is 0 Å². The number of hydrazine groups is 1. The van der Waals surface area contributed by atoms with Crippen molar-refractivity contribution in [1.82, 2.24) is 24.7 Å². The van der Waals surface area contributed by atoms with Crippen LogP contribution in [-0.2, 0) is 0 Å². The van der Waals surface area contributed by atoms with E-state index in [4.69, 9.17) is 0 Å². The molecule has 0 aromatic carbocycles. The second-order valence-corrected chi connectivity index (χ2v) is 5.71. The Labute approximate surface area is 124 Å². The third-order valence-corrected chi connectivity index (χ3v) is 3.92. The number of aromatic nitrogens is 2. The summed E-state index contributed by atoms with van der Waals surface area (Å²) in [5.74, 6) is -0.0878. The second kappa shape index (κ2) is 5.46. The first-order valence-corrected chi connectivity index (χ1v) is 7.24. The maximum Gasteiger partial charge on any atom is 0.284 e. The zero-order valence-electron chi connectivity index (χ0n) is 12.8. The van der Waals surface area contributed by atoms with E-state index in [0.717, 1.165) is 43.1 Å². The van der Waals surface area contributed by atoms with Crippen LogP contribution < -0.4 is 5.43 Å². The highest BCUT2D eigenvalue weighted by atomic mass is 16.2. The fraction of sp³-hybridized carbons (Fsp3) is 0.467. The molecule has 0 saturated carbocycles. The number of nitrogens with zero attached hydrogens (tertiary/aromatic N) is 4. The topological polar surface area (TPSA) is 52.9 Å². The SMILES string of the molecule is Cc1ccc2nc(C)c(C(=O)NN3CCN(C)CC3)n2c1. The zero-order valence-corrected chi connectivity index (χ0v) is 12.8. The molecular formula is C15H21N5O. The molecule has 1 N–H and O–H groups in total. The summed E-state index contributed by atoms with van der Waals surface area (Å²) in [6, 6.07) is 3.94. The Bertz CT molecular complexity index is 670. The largest absolute Gasteiger partial charge is 0.304 e. The van der Waals surface area contributed by atoms with Crippen LogP contribution in [0, 0.1) is 13.8 Å². The van der Waals surface area contributed by atoms with E-state index in [1.54, 1.807) is 0 Å². The van der Waals surface area contributed by atoms with Gasteiger partial charge in [-0.05, 0) is 32.5 Å². The van der Waals surface area contributed by atoms with E-state index in [-0.39, 0.29) is 5.91 Å². The Morgan fingerprint density at radius 3 is 2.62 bits per heavy atom. The molecule has 3 heterocycles. The number of pyridine rings is 1. The lowest BCUT2D eigenvalue weighted by Crippen LogP contribution is -2.52. The van der Waals surface area contributed by atoms with Crippen LogP contribution in [0.4, 0.5) is 0 Å². The Morgan fingerprint density at radius 2 is 1.90 bits per heavy atom. The van der Waals surface area contributed by atoms with Crippen LogP contribution >= 0.6 is 0 Å². The highest BCUT2D eigenvalue weighted by molar-refractivity contribution is 5.94. The molecule has 1 saturated heterocycles. The molecule has 0 atom stereocenters. The summed E-state index contributed by atoms with van der Waals surface area (Å²) in [6.07, 6.45) is 1.95. The van der Waals surface area contributed by atoms with Gasteiger partial charge in [0.1, 0.15) is 11.3 Å². The third kappa shape index (κ3) is 2.77. The second-order valence-electron chi connectivity index (χ2n) is 5.71. The van der Waals surface area contributed by atoms with Crippen molar-refractivity contribution >= 4 is 11.6 Å². The van der Waals surface area contributed by atoms with Crippen LogP contribution in [-0.4, -0.2) is 58.4 Å². The normalized spacial score (nSPS) is 17.3. The van der Waals surface area contributed by atoms with Crippen LogP contribution in [0.25, 0.3) is 5.65 Å². The average Bonchev–Trinajstić information content (AvgIpc) is 2.76. The number of rotatable bonds is 2. The molecule has 21 heavy (non-hydrogen) atoms. The minimum Gasteiger partial charge on any atom is -0.304 e. The molecule has 6 heteroatoms. The fourth-order valence-electron chi connectivity index (χ4n) is 2.66. The van der Waals surface area contributed by atoms with Crippen molar-refractivity contribution in [2.75, 3.05) is 33.2 Å². The number of aryl methyl sites for hydroxylation is 2. The van der Waals surface area contributed by atoms with Crippen molar-refractivity contribution in [3.8, 4) is 0 Å². The number of likely N-dealkylation sites (N-methyl/N-ethyl adjacent to an activating group) is 1. The van der Waals surface area contributed by atoms with Crippen LogP contribution in [0.15, 0.2) is 18.3 Å². The molecule has 0 unspecified atom stereocenters. The van der Waals surface area contributed by atoms with Crippen LogP contribution in [0.3, 0.4) is 0 Å². The van der Waals surface area contributed by atoms with Gasteiger partial charge in [-0.25, -0.2) is 9.99 Å². The highest BCUT2D eigenvalue weighted by Crippen LogP contribution is 2.13. The van der Waals surface area contributed by atoms with Crippen molar-refractivity contribution in [1.29, 1.82) is 0 Å². The molecule has 0 radical (unpaired) electrons. The first kappa shape index (κ1) is 14.0. The number of amides is 1. The number of carbonyl (C=O) groups is 1. The summed E-state index contributed by atoms with van der Waals surface area (Å²) in [4.78, 5) is 19.3. The molecule has 6 nitrogen and oxygen atoms in total. The van der Waals surface area contributed by atoms with Gasteiger partial charge in [-0.2, -0.15) is 0 Å². The summed E-state index contributed by atoms with van der Waals surface area (Å²) in [6.45, 7) is 7.50. The predicted molar refractivity (Wildman–Crippen MR) is 81.2 cm³/mol. The first-order chi connectivity index (χ1) is 10.0. The van der Waals surface area contributed by atoms with Gasteiger partial charge in [0, 0.05) is 32.4 Å². The fourth-order valence-corrected chi connectivity index (χ4v) is 2.66. The molecule has 2 aromatic rings. The smallest absolute Gasteiger partial charge is 0.284 e. The van der Waals surface area contributed by atoms with Gasteiger partial charge in [-0.3, -0.25) is 14.6 Å². The summed E-state index contributed by atoms with van der Waals surface area (Å²) < 4.78 is 1.87. The van der Waals surface area contributed by atoms with Crippen molar-refractivity contribution in [2.24, 2.45) is 0 Å². The zero-order chi connectivity index (χ0) is 15.0. The van der Waals surface area contributed by atoms with Crippen LogP contribution in [0.5, 0.6) is 0 Å². The number of carbonyl (C=O) groups excluding carboxylic acids is 1. The van der Waals surface area contributed by atoms with Gasteiger partial charge in [0.15, 0.2) is 0 Å². The van der Waals surface area contributed by atoms with Crippen molar-refractivity contribution in [2.45, 2.75) is 13.8 Å². The molecule has 1 aliphatic heterocycles. The number of fused-ring (bicyclic) bond motifs is 1. The first-order valence-electron chi connectivity index (χ1n) is 7.24. The molecule has 0 spiro atoms. The van der Waals surface area contributed by atoms with Gasteiger partial charge in [0.05, 0.1) is 5.69 Å². The van der Waals surface area contributed by atoms with E-state index in [1.165, 1.54) is 0 Å². The highest BCUT2D eigenvalue weighted by Gasteiger charge is 2.21. The number of hydrogen-bond donors (Lipinski definition) is 1. The average molecular weight is 287 g/mol. The standard InChI is InChI=1S/C15H21N5O/c1-11-4-5-13-16-12(2)14(20(13)10-11)15(21)17-19-8-6-18(3)7-9-19/h4-5,10H,6-9H2,1-3H3,(H,17,21). The van der Waals surface area contributed by atoms with E-state index in [1.807, 2.05) is 41.6 Å². The third-order valence-electron chi connectivity index (χ3n) is 3.92. The summed E-state index contributed by atoms with van der Waals surface area (Å²) in [5.41, 5.74) is 6.29. The van der Waals surface area contributed by atoms with E-state index in [0.29, 0.717) is 5.69 Å². The predicted octanol–water partition coefficient (Wildman–Crippen LogP) is 0.843. The molecular weight excluding hydrogens is 266 g/mol. The quantitative estimate of drug-likeness (QED) is 0.889. The number of imidazole rings is 1. The maximum absolute atomic E-state index is 12.6. The van der Waals surface area contributed by atoms with Crippen LogP contribution in [0.2, 0.25) is 0 Å². The van der Waals surface area contributed by atoms with E-state index in [9.17, 15) is 4.79 Å². The lowest BCUT2D eigenvalue weighted by molar-refractivity contribution is 0.0656. The monoisotopic (exact) mass is 287 g/mol. The van der Waals surface area contributed by atoms with Gasteiger partial charge in [0.2, 0.25) is 0 Å². The lowest BCUT2D eigenvalue weighted by atomic mass is 10.3. The summed E-state index contributed by atoms with van der Waals surface area (Å²) in [7, 11) is 2.09. The molecule has 2 aromatic heterocycles. The van der Waals surface area contributed by atoms with Crippen molar-refractivity contribution < 1.29 is 4.79 Å². The molecule has 0 bridgehead atoms. The van der Waals surface area contributed by atoms with Gasteiger partial charge < -0.3 is 4.90 Å². The van der Waals surface area contributed by atoms with Crippen LogP contribution in [0.1, 0.15) is 21.7 Å². The molecule has 0 aliphatic carbocycles. The van der Waals surface area contributed by atoms with Gasteiger partial charge in [-0.15, -0.1) is 0 Å². The molecule has 1 aliphatic rings. The lowest BCUT2D eigenvalue weighted by Gasteiger charge is -2.32. The molecule has 3 rings (SSSR count). The molecule has 1 fully saturated rings. The number of hydrogen-bond acceptors (Lipinski definition) is 4. The Kier molecular flexibility index (Phi) is 3.65. The Morgan fingerprint density at radius 1 is 1.19 bits per heavy atom. The van der Waals surface area contributed by atoms with Gasteiger partial charge in [0.25, 0.3) is 5.91 Å². The maximum atomic E-state index is 12.6. The number of nitrogens with one attached hydrogen (secondary N) is 1. The minimum absolute atomic E-state index is 0.0878. The van der Waals surface area contributed by atoms with E-state index in [2.05, 4.69) is 22.4 Å². The van der Waals surface area contributed by atoms with Gasteiger partial charge in [-0.1, -0.05) is 6.07 Å². The summed E-state index contributed by atoms with van der Waals surface area (Å²) in [5, 5.41) is 1.98.